The Bertz CT molecular complexity index is 444. The number of methoxy groups -OCH3 is 1. The summed E-state index contributed by atoms with van der Waals surface area (Å²) in [5.41, 5.74) is 4.41. The monoisotopic (exact) mass is 298 g/mol. The van der Waals surface area contributed by atoms with Gasteiger partial charge in [-0.1, -0.05) is 6.07 Å². The number of rotatable bonds is 5. The predicted molar refractivity (Wildman–Crippen MR) is 66.5 cm³/mol. The first-order valence-electron chi connectivity index (χ1n) is 5.10. The van der Waals surface area contributed by atoms with Gasteiger partial charge in [0, 0.05) is 0 Å². The van der Waals surface area contributed by atoms with Gasteiger partial charge in [0.2, 0.25) is 0 Å². The van der Waals surface area contributed by atoms with Gasteiger partial charge >= 0.3 is 0 Å². The molecule has 0 spiro atoms. The minimum Gasteiger partial charge on any atom is -0.496 e. The van der Waals surface area contributed by atoms with Crippen molar-refractivity contribution in [3.05, 3.63) is 29.6 Å². The second kappa shape index (κ2) is 7.20. The van der Waals surface area contributed by atoms with Crippen molar-refractivity contribution in [3.8, 4) is 5.75 Å². The lowest BCUT2D eigenvalue weighted by Crippen LogP contribution is -2.41. The number of halogens is 4. The fourth-order valence-electron chi connectivity index (χ4n) is 1.26. The molecule has 0 unspecified atom stereocenters. The van der Waals surface area contributed by atoms with E-state index in [0.29, 0.717) is 0 Å². The molecule has 1 aromatic rings. The quantitative estimate of drug-likeness (QED) is 0.867. The number of nitrogens with two attached hydrogens (primary N) is 1. The maximum absolute atomic E-state index is 13.4. The van der Waals surface area contributed by atoms with E-state index < -0.39 is 36.3 Å². The second-order valence-electron chi connectivity index (χ2n) is 3.56. The summed E-state index contributed by atoms with van der Waals surface area (Å²) in [7, 11) is 1.25. The molecule has 8 heteroatoms. The van der Waals surface area contributed by atoms with Crippen LogP contribution in [0.25, 0.3) is 0 Å². The Labute approximate surface area is 114 Å². The number of hydrogen-bond donors (Lipinski definition) is 2. The number of carbonyl (C=O) groups excluding carboxylic acids is 1. The van der Waals surface area contributed by atoms with Crippen molar-refractivity contribution in [2.45, 2.75) is 5.92 Å². The summed E-state index contributed by atoms with van der Waals surface area (Å²) in [4.78, 5) is 11.6. The Kier molecular flexibility index (Phi) is 6.64. The SMILES string of the molecule is COc1cccc(F)c1C(=O)NCC(F)(F)CN.Cl. The van der Waals surface area contributed by atoms with Crippen LogP contribution in [-0.2, 0) is 0 Å². The largest absolute Gasteiger partial charge is 0.496 e. The Morgan fingerprint density at radius 3 is 2.63 bits per heavy atom. The topological polar surface area (TPSA) is 64.3 Å². The van der Waals surface area contributed by atoms with Gasteiger partial charge in [0.05, 0.1) is 20.2 Å². The van der Waals surface area contributed by atoms with Gasteiger partial charge in [-0.3, -0.25) is 4.79 Å². The lowest BCUT2D eigenvalue weighted by molar-refractivity contribution is 0.0118. The van der Waals surface area contributed by atoms with Crippen LogP contribution < -0.4 is 15.8 Å². The number of benzene rings is 1. The Hall–Kier alpha value is -1.47. The first-order chi connectivity index (χ1) is 8.41. The van der Waals surface area contributed by atoms with Gasteiger partial charge in [-0.25, -0.2) is 13.2 Å². The smallest absolute Gasteiger partial charge is 0.277 e. The van der Waals surface area contributed by atoms with Crippen LogP contribution in [0.2, 0.25) is 0 Å². The van der Waals surface area contributed by atoms with Gasteiger partial charge in [-0.15, -0.1) is 12.4 Å². The van der Waals surface area contributed by atoms with Crippen LogP contribution in [0.15, 0.2) is 18.2 Å². The first-order valence-corrected chi connectivity index (χ1v) is 5.10. The number of carbonyl (C=O) groups is 1. The average molecular weight is 299 g/mol. The molecule has 0 fully saturated rings. The number of nitrogens with one attached hydrogen (secondary N) is 1. The van der Waals surface area contributed by atoms with Crippen molar-refractivity contribution in [3.63, 3.8) is 0 Å². The highest BCUT2D eigenvalue weighted by Crippen LogP contribution is 2.21. The molecular formula is C11H14ClF3N2O2. The Balaban J connectivity index is 0.00000324. The van der Waals surface area contributed by atoms with E-state index in [-0.39, 0.29) is 18.2 Å². The van der Waals surface area contributed by atoms with Crippen molar-refractivity contribution >= 4 is 18.3 Å². The lowest BCUT2D eigenvalue weighted by atomic mass is 10.1. The van der Waals surface area contributed by atoms with E-state index in [0.717, 1.165) is 6.07 Å². The summed E-state index contributed by atoms with van der Waals surface area (Å²) in [5, 5.41) is 1.92. The number of amides is 1. The molecule has 0 atom stereocenters. The van der Waals surface area contributed by atoms with Crippen molar-refractivity contribution in [1.82, 2.24) is 5.32 Å². The van der Waals surface area contributed by atoms with Crippen LogP contribution in [0.1, 0.15) is 10.4 Å². The second-order valence-corrected chi connectivity index (χ2v) is 3.56. The maximum Gasteiger partial charge on any atom is 0.277 e. The van der Waals surface area contributed by atoms with Crippen LogP contribution in [0.4, 0.5) is 13.2 Å². The first kappa shape index (κ1) is 17.5. The molecule has 0 bridgehead atoms. The van der Waals surface area contributed by atoms with Crippen LogP contribution in [-0.4, -0.2) is 32.0 Å². The standard InChI is InChI=1S/C11H13F3N2O2.ClH/c1-18-8-4-2-3-7(12)9(8)10(17)16-6-11(13,14)5-15;/h2-4H,5-6,15H2,1H3,(H,16,17);1H. The van der Waals surface area contributed by atoms with Crippen LogP contribution >= 0.6 is 12.4 Å². The fraction of sp³-hybridized carbons (Fsp3) is 0.364. The third-order valence-corrected chi connectivity index (χ3v) is 2.23. The predicted octanol–water partition coefficient (Wildman–Crippen LogP) is 1.58. The molecule has 19 heavy (non-hydrogen) atoms. The number of ether oxygens (including phenoxy) is 1. The van der Waals surface area contributed by atoms with Crippen molar-refractivity contribution in [2.24, 2.45) is 5.73 Å². The minimum atomic E-state index is -3.23. The third kappa shape index (κ3) is 4.60. The number of hydrogen-bond acceptors (Lipinski definition) is 3. The minimum absolute atomic E-state index is 0. The van der Waals surface area contributed by atoms with Crippen LogP contribution in [0.3, 0.4) is 0 Å². The van der Waals surface area contributed by atoms with Gasteiger partial charge in [0.1, 0.15) is 17.1 Å². The lowest BCUT2D eigenvalue weighted by Gasteiger charge is -2.15. The molecule has 0 radical (unpaired) electrons. The van der Waals surface area contributed by atoms with Gasteiger partial charge in [-0.2, -0.15) is 0 Å². The molecule has 1 aromatic carbocycles. The Morgan fingerprint density at radius 2 is 2.11 bits per heavy atom. The molecule has 0 saturated carbocycles. The zero-order valence-corrected chi connectivity index (χ0v) is 10.9. The third-order valence-electron chi connectivity index (χ3n) is 2.23. The van der Waals surface area contributed by atoms with Gasteiger partial charge in [-0.05, 0) is 12.1 Å². The van der Waals surface area contributed by atoms with Gasteiger partial charge < -0.3 is 15.8 Å². The molecule has 0 saturated heterocycles. The van der Waals surface area contributed by atoms with Crippen LogP contribution in [0, 0.1) is 5.82 Å². The van der Waals surface area contributed by atoms with E-state index in [1.54, 1.807) is 0 Å². The van der Waals surface area contributed by atoms with E-state index in [9.17, 15) is 18.0 Å². The highest BCUT2D eigenvalue weighted by molar-refractivity contribution is 5.97. The summed E-state index contributed by atoms with van der Waals surface area (Å²) in [6, 6.07) is 3.75. The molecule has 3 N–H and O–H groups in total. The normalized spacial score (nSPS) is 10.6. The molecule has 0 aliphatic rings. The molecule has 1 rings (SSSR count). The van der Waals surface area contributed by atoms with Gasteiger partial charge in [0.15, 0.2) is 0 Å². The molecule has 0 aliphatic carbocycles. The molecule has 0 aliphatic heterocycles. The average Bonchev–Trinajstić information content (AvgIpc) is 2.35. The highest BCUT2D eigenvalue weighted by Gasteiger charge is 2.28. The molecular weight excluding hydrogens is 285 g/mol. The van der Waals surface area contributed by atoms with E-state index in [1.807, 2.05) is 5.32 Å². The number of alkyl halides is 2. The van der Waals surface area contributed by atoms with E-state index in [1.165, 1.54) is 19.2 Å². The van der Waals surface area contributed by atoms with Crippen LogP contribution in [0.5, 0.6) is 5.75 Å². The van der Waals surface area contributed by atoms with Crippen molar-refractivity contribution in [1.29, 1.82) is 0 Å². The molecule has 0 aromatic heterocycles. The maximum atomic E-state index is 13.4. The Morgan fingerprint density at radius 1 is 1.47 bits per heavy atom. The van der Waals surface area contributed by atoms with E-state index in [2.05, 4.69) is 0 Å². The molecule has 108 valence electrons. The highest BCUT2D eigenvalue weighted by atomic mass is 35.5. The summed E-state index contributed by atoms with van der Waals surface area (Å²) in [6.45, 7) is -1.86. The summed E-state index contributed by atoms with van der Waals surface area (Å²) < 4.78 is 43.9. The van der Waals surface area contributed by atoms with E-state index >= 15 is 0 Å². The molecule has 4 nitrogen and oxygen atoms in total. The van der Waals surface area contributed by atoms with Crippen molar-refractivity contribution < 1.29 is 22.7 Å². The molecule has 1 amide bonds. The zero-order chi connectivity index (χ0) is 13.8. The van der Waals surface area contributed by atoms with E-state index in [4.69, 9.17) is 10.5 Å². The summed E-state index contributed by atoms with van der Waals surface area (Å²) in [5.74, 6) is -5.07. The zero-order valence-electron chi connectivity index (χ0n) is 10.1. The summed E-state index contributed by atoms with van der Waals surface area (Å²) in [6.07, 6.45) is 0. The summed E-state index contributed by atoms with van der Waals surface area (Å²) >= 11 is 0. The molecule has 0 heterocycles. The fourth-order valence-corrected chi connectivity index (χ4v) is 1.26. The van der Waals surface area contributed by atoms with Crippen molar-refractivity contribution in [2.75, 3.05) is 20.2 Å². The van der Waals surface area contributed by atoms with Gasteiger partial charge in [0.25, 0.3) is 11.8 Å².